The van der Waals surface area contributed by atoms with E-state index in [0.29, 0.717) is 45.4 Å². The molecule has 4 aromatic rings. The van der Waals surface area contributed by atoms with Gasteiger partial charge in [-0.05, 0) is 60.9 Å². The van der Waals surface area contributed by atoms with Crippen LogP contribution in [0.15, 0.2) is 89.2 Å². The number of allylic oxidation sites excluding steroid dienone is 2. The van der Waals surface area contributed by atoms with Gasteiger partial charge in [-0.15, -0.1) is 5.10 Å². The lowest BCUT2D eigenvalue weighted by Crippen LogP contribution is -2.27. The number of anilines is 1. The van der Waals surface area contributed by atoms with Gasteiger partial charge in [0, 0.05) is 22.0 Å². The van der Waals surface area contributed by atoms with Gasteiger partial charge in [-0.25, -0.2) is 9.07 Å². The molecule has 1 atom stereocenters. The average molecular weight is 535 g/mol. The van der Waals surface area contributed by atoms with Crippen LogP contribution < -0.4 is 10.1 Å². The maximum atomic E-state index is 14.1. The van der Waals surface area contributed by atoms with Gasteiger partial charge in [0.2, 0.25) is 11.1 Å². The minimum atomic E-state index is -0.483. The van der Waals surface area contributed by atoms with Gasteiger partial charge in [-0.2, -0.15) is 4.98 Å². The Bertz CT molecular complexity index is 1490. The summed E-state index contributed by atoms with van der Waals surface area (Å²) >= 11 is 7.32. The molecular formula is C28H24ClFN4O2S. The van der Waals surface area contributed by atoms with Crippen LogP contribution in [0, 0.1) is 5.82 Å². The van der Waals surface area contributed by atoms with E-state index in [4.69, 9.17) is 21.4 Å². The first-order valence-electron chi connectivity index (χ1n) is 11.7. The van der Waals surface area contributed by atoms with Gasteiger partial charge in [0.1, 0.15) is 24.2 Å². The Balaban J connectivity index is 1.43. The van der Waals surface area contributed by atoms with Crippen LogP contribution in [0.5, 0.6) is 5.75 Å². The van der Waals surface area contributed by atoms with Crippen LogP contribution in [0.2, 0.25) is 5.02 Å². The fraction of sp³-hybridized carbons (Fsp3) is 0.179. The number of hydrogen-bond donors (Lipinski definition) is 1. The molecule has 2 heterocycles. The molecule has 1 aliphatic heterocycles. The van der Waals surface area contributed by atoms with Crippen molar-refractivity contribution in [3.63, 3.8) is 0 Å². The summed E-state index contributed by atoms with van der Waals surface area (Å²) in [5.41, 5.74) is 3.73. The molecule has 0 saturated carbocycles. The topological polar surface area (TPSA) is 69.0 Å². The lowest BCUT2D eigenvalue weighted by atomic mass is 9.93. The second-order valence-electron chi connectivity index (χ2n) is 8.65. The zero-order valence-electron chi connectivity index (χ0n) is 20.2. The first-order valence-corrected chi connectivity index (χ1v) is 13.0. The molecule has 9 heteroatoms. The van der Waals surface area contributed by atoms with Gasteiger partial charge in [-0.3, -0.25) is 4.79 Å². The number of benzene rings is 3. The first kappa shape index (κ1) is 25.0. The monoisotopic (exact) mass is 534 g/mol. The molecule has 0 bridgehead atoms. The normalized spacial score (nSPS) is 14.8. The number of hydrogen-bond acceptors (Lipinski definition) is 6. The van der Waals surface area contributed by atoms with Crippen LogP contribution in [0.3, 0.4) is 0 Å². The van der Waals surface area contributed by atoms with Gasteiger partial charge in [-0.1, -0.05) is 65.8 Å². The van der Waals surface area contributed by atoms with Crippen molar-refractivity contribution < 1.29 is 13.9 Å². The smallest absolute Gasteiger partial charge is 0.227 e. The van der Waals surface area contributed by atoms with Crippen LogP contribution in [-0.2, 0) is 17.2 Å². The number of thioether (sulfide) groups is 1. The Morgan fingerprint density at radius 2 is 1.92 bits per heavy atom. The Morgan fingerprint density at radius 3 is 2.68 bits per heavy atom. The number of Topliss-reactive ketones (excluding diaryl/α,β-unsaturated/α-hetero) is 1. The zero-order valence-corrected chi connectivity index (χ0v) is 21.8. The fourth-order valence-corrected chi connectivity index (χ4v) is 5.18. The average Bonchev–Trinajstić information content (AvgIpc) is 3.29. The molecule has 6 nitrogen and oxygen atoms in total. The van der Waals surface area contributed by atoms with Crippen molar-refractivity contribution in [2.24, 2.45) is 0 Å². The lowest BCUT2D eigenvalue weighted by molar-refractivity contribution is -0.114. The molecule has 37 heavy (non-hydrogen) atoms. The summed E-state index contributed by atoms with van der Waals surface area (Å²) in [6, 6.07) is 21.3. The number of carbonyl (C=O) groups excluding carboxylic acids is 1. The van der Waals surface area contributed by atoms with E-state index in [0.717, 1.165) is 16.8 Å². The number of aromatic nitrogens is 3. The Labute approximate surface area is 223 Å². The first-order chi connectivity index (χ1) is 17.9. The van der Waals surface area contributed by atoms with E-state index in [2.05, 4.69) is 10.3 Å². The summed E-state index contributed by atoms with van der Waals surface area (Å²) in [6.07, 6.45) is 0. The van der Waals surface area contributed by atoms with Crippen molar-refractivity contribution in [2.45, 2.75) is 37.4 Å². The van der Waals surface area contributed by atoms with E-state index >= 15 is 0 Å². The molecule has 0 spiro atoms. The van der Waals surface area contributed by atoms with E-state index in [1.165, 1.54) is 17.8 Å². The summed E-state index contributed by atoms with van der Waals surface area (Å²) in [5.74, 6) is 1.25. The van der Waals surface area contributed by atoms with E-state index in [1.807, 2.05) is 55.5 Å². The molecule has 1 unspecified atom stereocenters. The van der Waals surface area contributed by atoms with Crippen LogP contribution in [0.4, 0.5) is 10.3 Å². The molecule has 0 aliphatic carbocycles. The third kappa shape index (κ3) is 5.55. The van der Waals surface area contributed by atoms with Gasteiger partial charge >= 0.3 is 0 Å². The SMILES string of the molecule is CC(=O)C1=C(C)Nc2nc(SCc3ccccc3F)nn2C1c1cccc(OCc2ccc(Cl)cc2)c1. The quantitative estimate of drug-likeness (QED) is 0.250. The van der Waals surface area contributed by atoms with E-state index in [-0.39, 0.29) is 11.6 Å². The molecule has 0 amide bonds. The number of fused-ring (bicyclic) bond motifs is 1. The van der Waals surface area contributed by atoms with E-state index < -0.39 is 6.04 Å². The van der Waals surface area contributed by atoms with Crippen LogP contribution in [0.1, 0.15) is 36.6 Å². The maximum absolute atomic E-state index is 14.1. The van der Waals surface area contributed by atoms with Crippen LogP contribution in [-0.4, -0.2) is 20.5 Å². The van der Waals surface area contributed by atoms with Gasteiger partial charge in [0.15, 0.2) is 5.78 Å². The minimum absolute atomic E-state index is 0.0656. The lowest BCUT2D eigenvalue weighted by Gasteiger charge is -2.28. The molecule has 188 valence electrons. The van der Waals surface area contributed by atoms with Crippen molar-refractivity contribution in [1.82, 2.24) is 14.8 Å². The van der Waals surface area contributed by atoms with E-state index in [9.17, 15) is 9.18 Å². The minimum Gasteiger partial charge on any atom is -0.489 e. The Hall–Kier alpha value is -3.62. The highest BCUT2D eigenvalue weighted by Crippen LogP contribution is 2.38. The van der Waals surface area contributed by atoms with Crippen LogP contribution in [0.25, 0.3) is 0 Å². The number of ether oxygens (including phenoxy) is 1. The standard InChI is InChI=1S/C28H24ClFN4O2S/c1-17-25(18(2)35)26(20-7-5-8-23(14-20)36-15-19-10-12-22(29)13-11-19)34-27(31-17)32-28(33-34)37-16-21-6-3-4-9-24(21)30/h3-14,26H,15-16H2,1-2H3,(H,31,32,33). The van der Waals surface area contributed by atoms with Crippen molar-refractivity contribution in [3.8, 4) is 5.75 Å². The van der Waals surface area contributed by atoms with Gasteiger partial charge in [0.05, 0.1) is 0 Å². The summed E-state index contributed by atoms with van der Waals surface area (Å²) in [6.45, 7) is 3.78. The molecule has 3 aromatic carbocycles. The second-order valence-corrected chi connectivity index (χ2v) is 10.0. The highest BCUT2D eigenvalue weighted by atomic mass is 35.5. The Kier molecular flexibility index (Phi) is 7.30. The maximum Gasteiger partial charge on any atom is 0.227 e. The van der Waals surface area contributed by atoms with Crippen LogP contribution >= 0.6 is 23.4 Å². The summed E-state index contributed by atoms with van der Waals surface area (Å²) in [4.78, 5) is 17.3. The predicted octanol–water partition coefficient (Wildman–Crippen LogP) is 6.82. The largest absolute Gasteiger partial charge is 0.489 e. The highest BCUT2D eigenvalue weighted by molar-refractivity contribution is 7.98. The van der Waals surface area contributed by atoms with Gasteiger partial charge in [0.25, 0.3) is 0 Å². The molecule has 0 radical (unpaired) electrons. The second kappa shape index (κ2) is 10.8. The predicted molar refractivity (Wildman–Crippen MR) is 143 cm³/mol. The number of nitrogens with one attached hydrogen (secondary N) is 1. The Morgan fingerprint density at radius 1 is 1.14 bits per heavy atom. The van der Waals surface area contributed by atoms with Gasteiger partial charge < -0.3 is 10.1 Å². The number of nitrogens with zero attached hydrogens (tertiary/aromatic N) is 3. The van der Waals surface area contributed by atoms with Crippen molar-refractivity contribution in [1.29, 1.82) is 0 Å². The molecule has 1 N–H and O–H groups in total. The third-order valence-corrected chi connectivity index (χ3v) is 7.16. The third-order valence-electron chi connectivity index (χ3n) is 6.02. The summed E-state index contributed by atoms with van der Waals surface area (Å²) < 4.78 is 21.8. The number of ketones is 1. The molecule has 5 rings (SSSR count). The zero-order chi connectivity index (χ0) is 25.9. The summed E-state index contributed by atoms with van der Waals surface area (Å²) in [7, 11) is 0. The molecule has 1 aromatic heterocycles. The molecular weight excluding hydrogens is 511 g/mol. The number of rotatable bonds is 8. The van der Waals surface area contributed by atoms with Crippen molar-refractivity contribution in [2.75, 3.05) is 5.32 Å². The number of halogens is 2. The van der Waals surface area contributed by atoms with E-state index in [1.54, 1.807) is 29.8 Å². The molecule has 0 saturated heterocycles. The molecule has 0 fully saturated rings. The molecule has 1 aliphatic rings. The fourth-order valence-electron chi connectivity index (χ4n) is 4.24. The van der Waals surface area contributed by atoms with Crippen molar-refractivity contribution >= 4 is 35.1 Å². The van der Waals surface area contributed by atoms with Crippen molar-refractivity contribution in [3.05, 3.63) is 112 Å². The highest BCUT2D eigenvalue weighted by Gasteiger charge is 2.33. The summed E-state index contributed by atoms with van der Waals surface area (Å²) in [5, 5.41) is 9.06. The number of carbonyl (C=O) groups is 1.